The quantitative estimate of drug-likeness (QED) is 0.615. The van der Waals surface area contributed by atoms with Gasteiger partial charge in [0.1, 0.15) is 5.82 Å². The van der Waals surface area contributed by atoms with Crippen molar-refractivity contribution in [2.45, 2.75) is 6.54 Å². The van der Waals surface area contributed by atoms with Gasteiger partial charge in [0.05, 0.1) is 16.2 Å². The summed E-state index contributed by atoms with van der Waals surface area (Å²) in [5, 5.41) is 6.79. The van der Waals surface area contributed by atoms with E-state index in [2.05, 4.69) is 43.4 Å². The van der Waals surface area contributed by atoms with E-state index in [0.717, 1.165) is 5.56 Å². The molecule has 3 nitrogen and oxygen atoms in total. The minimum atomic E-state index is -0.364. The second kappa shape index (κ2) is 5.71. The highest BCUT2D eigenvalue weighted by atomic mass is 79.9. The van der Waals surface area contributed by atoms with E-state index in [9.17, 15) is 4.39 Å². The molecule has 1 aromatic heterocycles. The van der Waals surface area contributed by atoms with Crippen LogP contribution in [0.4, 0.5) is 10.2 Å². The lowest BCUT2D eigenvalue weighted by Crippen LogP contribution is -2.00. The highest BCUT2D eigenvalue weighted by Gasteiger charge is 2.08. The van der Waals surface area contributed by atoms with Crippen molar-refractivity contribution in [1.29, 1.82) is 0 Å². The second-order valence-electron chi connectivity index (χ2n) is 3.44. The minimum absolute atomic E-state index is 0.363. The van der Waals surface area contributed by atoms with Crippen molar-refractivity contribution in [3.8, 4) is 0 Å². The third kappa shape index (κ3) is 3.03. The third-order valence-electron chi connectivity index (χ3n) is 2.20. The van der Waals surface area contributed by atoms with Gasteiger partial charge in [-0.1, -0.05) is 17.7 Å². The molecule has 7 heteroatoms. The van der Waals surface area contributed by atoms with Gasteiger partial charge in [0.2, 0.25) is 0 Å². The number of hydrogen-bond donors (Lipinski definition) is 0. The predicted octanol–water partition coefficient (Wildman–Crippen LogP) is 4.22. The fourth-order valence-corrected chi connectivity index (χ4v) is 2.13. The molecule has 0 unspecified atom stereocenters. The summed E-state index contributed by atoms with van der Waals surface area (Å²) in [6.45, 7) is 0.421. The zero-order valence-corrected chi connectivity index (χ0v) is 12.1. The van der Waals surface area contributed by atoms with Crippen LogP contribution in [0, 0.1) is 5.82 Å². The average molecular weight is 347 g/mol. The van der Waals surface area contributed by atoms with Crippen molar-refractivity contribution in [3.05, 3.63) is 45.3 Å². The highest BCUT2D eigenvalue weighted by Crippen LogP contribution is 2.24. The molecule has 0 amide bonds. The van der Waals surface area contributed by atoms with Gasteiger partial charge in [-0.25, -0.2) is 4.39 Å². The number of nitrogens with zero attached hydrogens (tertiary/aromatic N) is 3. The molecular weight excluding hydrogens is 341 g/mol. The first-order chi connectivity index (χ1) is 8.60. The summed E-state index contributed by atoms with van der Waals surface area (Å²) in [6.07, 6.45) is 1.74. The number of halogens is 3. The summed E-state index contributed by atoms with van der Waals surface area (Å²) in [4.78, 5) is 3.80. The van der Waals surface area contributed by atoms with Crippen LogP contribution in [0.1, 0.15) is 5.56 Å². The zero-order valence-electron chi connectivity index (χ0n) is 8.90. The van der Waals surface area contributed by atoms with E-state index in [4.69, 9.17) is 11.6 Å². The number of aliphatic imine (C=N–C) groups is 1. The van der Waals surface area contributed by atoms with Gasteiger partial charge in [0.15, 0.2) is 5.82 Å². The lowest BCUT2D eigenvalue weighted by molar-refractivity contribution is 0.624. The fourth-order valence-electron chi connectivity index (χ4n) is 1.41. The van der Waals surface area contributed by atoms with Crippen LogP contribution in [0.15, 0.2) is 33.9 Å². The number of thiocarbonyl (C=S) groups is 1. The minimum Gasteiger partial charge on any atom is -0.265 e. The molecule has 0 atom stereocenters. The van der Waals surface area contributed by atoms with Gasteiger partial charge in [-0.15, -0.1) is 0 Å². The van der Waals surface area contributed by atoms with E-state index >= 15 is 0 Å². The van der Waals surface area contributed by atoms with Gasteiger partial charge in [0.25, 0.3) is 0 Å². The van der Waals surface area contributed by atoms with Crippen molar-refractivity contribution < 1.29 is 4.39 Å². The summed E-state index contributed by atoms with van der Waals surface area (Å²) in [5.41, 5.74) is 0.769. The smallest absolute Gasteiger partial charge is 0.198 e. The van der Waals surface area contributed by atoms with Gasteiger partial charge in [-0.3, -0.25) is 4.68 Å². The molecule has 1 heterocycles. The molecule has 0 bridgehead atoms. The van der Waals surface area contributed by atoms with Crippen LogP contribution >= 0.6 is 39.7 Å². The molecule has 0 aliphatic rings. The molecule has 0 saturated carbocycles. The maximum Gasteiger partial charge on any atom is 0.198 e. The summed E-state index contributed by atoms with van der Waals surface area (Å²) in [5.74, 6) is 0.0830. The molecular formula is C11H6BrClFN3S. The van der Waals surface area contributed by atoms with Crippen LogP contribution in [0.25, 0.3) is 0 Å². The molecule has 0 N–H and O–H groups in total. The Morgan fingerprint density at radius 2 is 2.33 bits per heavy atom. The molecule has 0 radical (unpaired) electrons. The normalized spacial score (nSPS) is 10.2. The van der Waals surface area contributed by atoms with E-state index < -0.39 is 0 Å². The molecule has 0 fully saturated rings. The Labute approximate surface area is 121 Å². The number of rotatable bonds is 3. The molecule has 0 aliphatic carbocycles. The van der Waals surface area contributed by atoms with E-state index in [-0.39, 0.29) is 5.82 Å². The highest BCUT2D eigenvalue weighted by molar-refractivity contribution is 9.10. The number of aromatic nitrogens is 2. The van der Waals surface area contributed by atoms with Crippen LogP contribution < -0.4 is 0 Å². The Morgan fingerprint density at radius 3 is 3.00 bits per heavy atom. The summed E-state index contributed by atoms with van der Waals surface area (Å²) in [6, 6.07) is 4.25. The van der Waals surface area contributed by atoms with Crippen molar-refractivity contribution in [2.24, 2.45) is 4.99 Å². The third-order valence-corrected chi connectivity index (χ3v) is 3.20. The molecule has 0 aliphatic heterocycles. The van der Waals surface area contributed by atoms with Gasteiger partial charge < -0.3 is 0 Å². The number of isothiocyanates is 1. The van der Waals surface area contributed by atoms with Gasteiger partial charge in [-0.05, 0) is 45.8 Å². The van der Waals surface area contributed by atoms with Gasteiger partial charge >= 0.3 is 0 Å². The molecule has 92 valence electrons. The lowest BCUT2D eigenvalue weighted by atomic mass is 10.2. The molecule has 2 aromatic rings. The summed E-state index contributed by atoms with van der Waals surface area (Å²) in [7, 11) is 0. The first-order valence-corrected chi connectivity index (χ1v) is 6.43. The van der Waals surface area contributed by atoms with Crippen LogP contribution in [0.2, 0.25) is 5.02 Å². The molecule has 2 rings (SSSR count). The van der Waals surface area contributed by atoms with Crippen molar-refractivity contribution in [1.82, 2.24) is 9.78 Å². The lowest BCUT2D eigenvalue weighted by Gasteiger charge is -2.04. The number of hydrogen-bond acceptors (Lipinski definition) is 3. The van der Waals surface area contributed by atoms with Crippen molar-refractivity contribution >= 4 is 50.7 Å². The van der Waals surface area contributed by atoms with E-state index in [0.29, 0.717) is 21.9 Å². The molecule has 0 spiro atoms. The Balaban J connectivity index is 2.28. The van der Waals surface area contributed by atoms with E-state index in [1.807, 2.05) is 0 Å². The Kier molecular flexibility index (Phi) is 4.24. The van der Waals surface area contributed by atoms with Crippen LogP contribution in [0.3, 0.4) is 0 Å². The maximum absolute atomic E-state index is 12.9. The largest absolute Gasteiger partial charge is 0.265 e. The molecule has 1 aromatic carbocycles. The van der Waals surface area contributed by atoms with Crippen molar-refractivity contribution in [3.63, 3.8) is 0 Å². The summed E-state index contributed by atoms with van der Waals surface area (Å²) >= 11 is 13.8. The van der Waals surface area contributed by atoms with Crippen molar-refractivity contribution in [2.75, 3.05) is 0 Å². The first kappa shape index (κ1) is 13.4. The zero-order chi connectivity index (χ0) is 13.1. The van der Waals surface area contributed by atoms with Gasteiger partial charge in [-0.2, -0.15) is 10.1 Å². The predicted molar refractivity (Wildman–Crippen MR) is 75.1 cm³/mol. The first-order valence-electron chi connectivity index (χ1n) is 4.85. The second-order valence-corrected chi connectivity index (χ2v) is 4.88. The molecule has 18 heavy (non-hydrogen) atoms. The maximum atomic E-state index is 12.9. The van der Waals surface area contributed by atoms with Crippen LogP contribution in [-0.4, -0.2) is 14.9 Å². The Hall–Kier alpha value is -1.07. The Bertz CT molecular complexity index is 637. The fraction of sp³-hybridized carbons (Fsp3) is 0.0909. The van der Waals surface area contributed by atoms with Crippen LogP contribution in [0.5, 0.6) is 0 Å². The Morgan fingerprint density at radius 1 is 1.56 bits per heavy atom. The number of benzene rings is 1. The standard InChI is InChI=1S/C11H6BrClFN3S/c12-9-5-17(16-11(9)15-6-18)4-7-1-2-8(14)3-10(7)13/h1-3,5H,4H2. The van der Waals surface area contributed by atoms with E-state index in [1.165, 1.54) is 12.1 Å². The van der Waals surface area contributed by atoms with Gasteiger partial charge in [0, 0.05) is 11.2 Å². The summed E-state index contributed by atoms with van der Waals surface area (Å²) < 4.78 is 15.2. The topological polar surface area (TPSA) is 30.2 Å². The van der Waals surface area contributed by atoms with E-state index in [1.54, 1.807) is 16.9 Å². The SMILES string of the molecule is Fc1ccc(Cn2cc(Br)c(N=C=S)n2)c(Cl)c1. The average Bonchev–Trinajstić information content (AvgIpc) is 2.64. The monoisotopic (exact) mass is 345 g/mol. The molecule has 0 saturated heterocycles. The van der Waals surface area contributed by atoms with Crippen LogP contribution in [-0.2, 0) is 6.54 Å².